The first-order valence-corrected chi connectivity index (χ1v) is 14.7. The number of imide groups is 1. The number of carbonyl (C=O) groups excluding carboxylic acids is 3. The van der Waals surface area contributed by atoms with Gasteiger partial charge in [0.15, 0.2) is 0 Å². The molecule has 0 saturated carbocycles. The summed E-state index contributed by atoms with van der Waals surface area (Å²) < 4.78 is 7.67. The molecular formula is C24H20BrN3O5S3. The van der Waals surface area contributed by atoms with Crippen LogP contribution in [0.5, 0.6) is 0 Å². The number of rotatable bonds is 4. The summed E-state index contributed by atoms with van der Waals surface area (Å²) in [4.78, 5) is 57.9. The smallest absolute Gasteiger partial charge is 0.308 e. The molecule has 0 N–H and O–H groups in total. The van der Waals surface area contributed by atoms with Gasteiger partial charge in [-0.05, 0) is 35.7 Å². The average Bonchev–Trinajstić information content (AvgIpc) is 3.58. The summed E-state index contributed by atoms with van der Waals surface area (Å²) >= 11 is 7.22. The van der Waals surface area contributed by atoms with E-state index < -0.39 is 17.1 Å². The lowest BCUT2D eigenvalue weighted by Crippen LogP contribution is -2.43. The lowest BCUT2D eigenvalue weighted by atomic mass is 9.87. The maximum atomic E-state index is 13.8. The van der Waals surface area contributed by atoms with E-state index in [1.165, 1.54) is 32.6 Å². The number of thiophene rings is 1. The predicted molar refractivity (Wildman–Crippen MR) is 142 cm³/mol. The van der Waals surface area contributed by atoms with E-state index in [9.17, 15) is 19.2 Å². The van der Waals surface area contributed by atoms with E-state index in [1.54, 1.807) is 29.2 Å². The van der Waals surface area contributed by atoms with E-state index in [0.717, 1.165) is 25.6 Å². The number of hydrogen-bond donors (Lipinski definition) is 0. The lowest BCUT2D eigenvalue weighted by Gasteiger charge is -2.30. The maximum absolute atomic E-state index is 13.8. The number of aromatic nitrogens is 1. The average molecular weight is 607 g/mol. The van der Waals surface area contributed by atoms with Crippen LogP contribution >= 0.6 is 50.4 Å². The van der Waals surface area contributed by atoms with Gasteiger partial charge in [0, 0.05) is 33.2 Å². The van der Waals surface area contributed by atoms with Crippen LogP contribution < -0.4 is 9.77 Å². The van der Waals surface area contributed by atoms with Gasteiger partial charge in [-0.15, -0.1) is 11.3 Å². The summed E-state index contributed by atoms with van der Waals surface area (Å²) in [5.74, 6) is -1.75. The zero-order valence-electron chi connectivity index (χ0n) is 18.8. The number of benzene rings is 1. The summed E-state index contributed by atoms with van der Waals surface area (Å²) in [5, 5.41) is 1.87. The van der Waals surface area contributed by atoms with Crippen molar-refractivity contribution in [1.82, 2.24) is 9.47 Å². The van der Waals surface area contributed by atoms with Crippen molar-refractivity contribution in [3.63, 3.8) is 0 Å². The van der Waals surface area contributed by atoms with E-state index in [1.807, 2.05) is 17.5 Å². The van der Waals surface area contributed by atoms with Crippen LogP contribution in [0.4, 0.5) is 5.69 Å². The Morgan fingerprint density at radius 3 is 2.50 bits per heavy atom. The zero-order valence-corrected chi connectivity index (χ0v) is 22.8. The minimum atomic E-state index is -0.681. The molecule has 0 aliphatic carbocycles. The number of morpholine rings is 1. The molecule has 2 aromatic heterocycles. The van der Waals surface area contributed by atoms with Gasteiger partial charge in [0.2, 0.25) is 17.7 Å². The van der Waals surface area contributed by atoms with Gasteiger partial charge < -0.3 is 9.64 Å². The maximum Gasteiger partial charge on any atom is 0.308 e. The highest BCUT2D eigenvalue weighted by molar-refractivity contribution is 9.10. The molecule has 2 fully saturated rings. The van der Waals surface area contributed by atoms with Crippen molar-refractivity contribution in [2.24, 2.45) is 5.92 Å². The molecule has 3 aliphatic heterocycles. The van der Waals surface area contributed by atoms with Gasteiger partial charge in [-0.2, -0.15) is 0 Å². The molecular weight excluding hydrogens is 586 g/mol. The van der Waals surface area contributed by atoms with Crippen molar-refractivity contribution in [3.05, 3.63) is 65.7 Å². The monoisotopic (exact) mass is 605 g/mol. The predicted octanol–water partition coefficient (Wildman–Crippen LogP) is 3.39. The van der Waals surface area contributed by atoms with Crippen molar-refractivity contribution >= 4 is 73.8 Å². The molecule has 2 unspecified atom stereocenters. The number of carbonyl (C=O) groups is 3. The van der Waals surface area contributed by atoms with Crippen LogP contribution in [0.15, 0.2) is 56.1 Å². The number of hydrogen-bond acceptors (Lipinski definition) is 8. The van der Waals surface area contributed by atoms with Crippen LogP contribution in [0, 0.1) is 5.92 Å². The highest BCUT2D eigenvalue weighted by atomic mass is 79.9. The summed E-state index contributed by atoms with van der Waals surface area (Å²) in [7, 11) is 0. The summed E-state index contributed by atoms with van der Waals surface area (Å²) in [6, 6.07) is 10.9. The van der Waals surface area contributed by atoms with Crippen molar-refractivity contribution < 1.29 is 19.1 Å². The minimum Gasteiger partial charge on any atom is -0.378 e. The quantitative estimate of drug-likeness (QED) is 0.424. The van der Waals surface area contributed by atoms with Crippen molar-refractivity contribution in [2.75, 3.05) is 31.2 Å². The molecule has 3 amide bonds. The molecule has 1 aromatic carbocycles. The van der Waals surface area contributed by atoms with Gasteiger partial charge in [-0.25, -0.2) is 4.90 Å². The minimum absolute atomic E-state index is 0.0925. The number of halogens is 1. The normalized spacial score (nSPS) is 23.6. The fourth-order valence-electron chi connectivity index (χ4n) is 4.92. The van der Waals surface area contributed by atoms with Gasteiger partial charge in [0.05, 0.1) is 29.8 Å². The second-order valence-electron chi connectivity index (χ2n) is 8.66. The first-order chi connectivity index (χ1) is 17.4. The summed E-state index contributed by atoms with van der Waals surface area (Å²) in [6.07, 6.45) is 0. The van der Waals surface area contributed by atoms with Crippen molar-refractivity contribution in [3.8, 4) is 0 Å². The van der Waals surface area contributed by atoms with Gasteiger partial charge in [0.1, 0.15) is 11.8 Å². The third kappa shape index (κ3) is 3.99. The van der Waals surface area contributed by atoms with Crippen molar-refractivity contribution in [1.29, 1.82) is 0 Å². The van der Waals surface area contributed by atoms with Crippen LogP contribution in [0.3, 0.4) is 0 Å². The Bertz CT molecular complexity index is 1400. The van der Waals surface area contributed by atoms with Crippen LogP contribution in [-0.2, 0) is 25.7 Å². The first kappa shape index (κ1) is 24.1. The largest absolute Gasteiger partial charge is 0.378 e. The second kappa shape index (κ2) is 9.56. The Hall–Kier alpha value is -2.25. The number of nitrogens with zero attached hydrogens (tertiary/aromatic N) is 3. The Labute approximate surface area is 227 Å². The van der Waals surface area contributed by atoms with Gasteiger partial charge in [0.25, 0.3) is 0 Å². The van der Waals surface area contributed by atoms with Gasteiger partial charge in [-0.1, -0.05) is 45.1 Å². The number of ether oxygens (including phenoxy) is 1. The van der Waals surface area contributed by atoms with E-state index in [-0.39, 0.29) is 29.1 Å². The summed E-state index contributed by atoms with van der Waals surface area (Å²) in [6.45, 7) is 1.84. The molecule has 6 rings (SSSR count). The zero-order chi connectivity index (χ0) is 25.0. The lowest BCUT2D eigenvalue weighted by molar-refractivity contribution is -0.136. The van der Waals surface area contributed by atoms with E-state index >= 15 is 0 Å². The molecule has 186 valence electrons. The Kier molecular flexibility index (Phi) is 6.41. The van der Waals surface area contributed by atoms with Crippen molar-refractivity contribution in [2.45, 2.75) is 22.7 Å². The molecule has 3 atom stereocenters. The number of thioether (sulfide) groups is 1. The van der Waals surface area contributed by atoms with E-state index in [4.69, 9.17) is 4.74 Å². The number of anilines is 1. The standard InChI is InChI=1S/C24H20BrN3O5S3/c25-13-3-5-14(6-4-13)28-21(30)18-17(15-2-1-11-34-15)20-23(35-19(18)22(28)31)27(24(32)36-20)12-16(29)26-7-9-33-10-8-26/h1-6,11,17-19H,7-10,12H2/t17-,18?,19?/m1/s1. The molecule has 8 nitrogen and oxygen atoms in total. The van der Waals surface area contributed by atoms with Crippen LogP contribution in [0.2, 0.25) is 0 Å². The highest BCUT2D eigenvalue weighted by Gasteiger charge is 2.57. The Balaban J connectivity index is 1.41. The van der Waals surface area contributed by atoms with E-state index in [0.29, 0.717) is 37.0 Å². The molecule has 2 saturated heterocycles. The fraction of sp³-hybridized carbons (Fsp3) is 0.333. The molecule has 36 heavy (non-hydrogen) atoms. The molecule has 0 spiro atoms. The van der Waals surface area contributed by atoms with Gasteiger partial charge in [-0.3, -0.25) is 23.7 Å². The van der Waals surface area contributed by atoms with Gasteiger partial charge >= 0.3 is 4.87 Å². The number of fused-ring (bicyclic) bond motifs is 2. The number of amides is 3. The van der Waals surface area contributed by atoms with E-state index in [2.05, 4.69) is 15.9 Å². The molecule has 3 aromatic rings. The third-order valence-corrected chi connectivity index (χ3v) is 10.7. The third-order valence-electron chi connectivity index (χ3n) is 6.64. The molecule has 5 heterocycles. The first-order valence-electron chi connectivity index (χ1n) is 11.4. The summed E-state index contributed by atoms with van der Waals surface area (Å²) in [5.41, 5.74) is 0.524. The van der Waals surface area contributed by atoms with Crippen LogP contribution in [-0.4, -0.2) is 58.7 Å². The number of thiazole rings is 1. The Morgan fingerprint density at radius 1 is 1.06 bits per heavy atom. The SMILES string of the molecule is O=C(Cn1c2c(sc1=O)[C@H](c1cccs1)C1C(=O)N(c3ccc(Br)cc3)C(=O)C1S2)N1CCOCC1. The fourth-order valence-corrected chi connectivity index (χ4v) is 8.91. The Morgan fingerprint density at radius 2 is 1.81 bits per heavy atom. The van der Waals surface area contributed by atoms with Crippen LogP contribution in [0.1, 0.15) is 15.7 Å². The molecule has 12 heteroatoms. The highest BCUT2D eigenvalue weighted by Crippen LogP contribution is 2.54. The molecule has 0 radical (unpaired) electrons. The second-order valence-corrected chi connectivity index (χ2v) is 12.7. The topological polar surface area (TPSA) is 88.9 Å². The molecule has 0 bridgehead atoms. The molecule has 3 aliphatic rings. The van der Waals surface area contributed by atoms with Crippen LogP contribution in [0.25, 0.3) is 0 Å².